The lowest BCUT2D eigenvalue weighted by Crippen LogP contribution is -2.41. The van der Waals surface area contributed by atoms with Gasteiger partial charge in [0.05, 0.1) is 0 Å². The monoisotopic (exact) mass is 309 g/mol. The van der Waals surface area contributed by atoms with Crippen LogP contribution in [0.15, 0.2) is 12.2 Å². The van der Waals surface area contributed by atoms with Crippen molar-refractivity contribution < 1.29 is 14.3 Å². The van der Waals surface area contributed by atoms with Gasteiger partial charge >= 0.3 is 5.97 Å². The zero-order chi connectivity index (χ0) is 16.9. The summed E-state index contributed by atoms with van der Waals surface area (Å²) in [5.41, 5.74) is -0.534. The molecule has 4 nitrogen and oxygen atoms in total. The quantitative estimate of drug-likeness (QED) is 0.604. The third kappa shape index (κ3) is 5.47. The number of nitrogens with one attached hydrogen (secondary N) is 1. The second-order valence-electron chi connectivity index (χ2n) is 7.49. The maximum Gasteiger partial charge on any atom is 0.329 e. The summed E-state index contributed by atoms with van der Waals surface area (Å²) in [6, 6.07) is -0.510. The van der Waals surface area contributed by atoms with Crippen LogP contribution in [-0.4, -0.2) is 23.5 Å². The second kappa shape index (κ2) is 7.80. The zero-order valence-electron chi connectivity index (χ0n) is 14.8. The molecule has 0 aromatic rings. The molecular weight excluding hydrogens is 278 g/mol. The Bertz CT molecular complexity index is 421. The van der Waals surface area contributed by atoms with Gasteiger partial charge in [0.2, 0.25) is 5.91 Å². The highest BCUT2D eigenvalue weighted by Gasteiger charge is 2.45. The standard InChI is InChI=1S/C18H31NO3/c1-7-9-13-14(11-8-10-12(2)3)16(20)19-15(13)17(21)22-18(4,5)6/h8,10,12-15H,7,9,11H2,1-6H3,(H,19,20)/b10-8+/t13?,14?,15-/m0/s1. The maximum atomic E-state index is 12.4. The molecule has 3 atom stereocenters. The molecule has 126 valence electrons. The van der Waals surface area contributed by atoms with Crippen molar-refractivity contribution in [2.75, 3.05) is 0 Å². The van der Waals surface area contributed by atoms with Gasteiger partial charge < -0.3 is 10.1 Å². The lowest BCUT2D eigenvalue weighted by atomic mass is 9.84. The minimum atomic E-state index is -0.534. The molecule has 1 N–H and O–H groups in total. The molecule has 4 heteroatoms. The summed E-state index contributed by atoms with van der Waals surface area (Å²) in [6.45, 7) is 11.8. The summed E-state index contributed by atoms with van der Waals surface area (Å²) in [5.74, 6) is 0.0183. The molecule has 0 aromatic carbocycles. The molecule has 1 aliphatic heterocycles. The fourth-order valence-electron chi connectivity index (χ4n) is 2.87. The van der Waals surface area contributed by atoms with E-state index in [0.717, 1.165) is 12.8 Å². The number of allylic oxidation sites excluding steroid dienone is 2. The molecule has 1 aliphatic rings. The van der Waals surface area contributed by atoms with Crippen LogP contribution in [0.3, 0.4) is 0 Å². The van der Waals surface area contributed by atoms with Crippen LogP contribution in [0.25, 0.3) is 0 Å². The third-order valence-electron chi connectivity index (χ3n) is 3.77. The van der Waals surface area contributed by atoms with E-state index in [0.29, 0.717) is 12.3 Å². The van der Waals surface area contributed by atoms with Gasteiger partial charge in [-0.1, -0.05) is 39.3 Å². The van der Waals surface area contributed by atoms with E-state index in [1.165, 1.54) is 0 Å². The summed E-state index contributed by atoms with van der Waals surface area (Å²) >= 11 is 0. The van der Waals surface area contributed by atoms with Crippen LogP contribution in [0.2, 0.25) is 0 Å². The molecule has 0 aliphatic carbocycles. The predicted molar refractivity (Wildman–Crippen MR) is 88.3 cm³/mol. The van der Waals surface area contributed by atoms with Crippen molar-refractivity contribution in [2.24, 2.45) is 17.8 Å². The number of amides is 1. The van der Waals surface area contributed by atoms with E-state index in [9.17, 15) is 9.59 Å². The molecule has 0 spiro atoms. The van der Waals surface area contributed by atoms with Crippen LogP contribution in [0, 0.1) is 17.8 Å². The SMILES string of the molecule is CCCC1C(C/C=C/C(C)C)C(=O)N[C@@H]1C(=O)OC(C)(C)C. The number of carbonyl (C=O) groups is 2. The van der Waals surface area contributed by atoms with Gasteiger partial charge in [-0.25, -0.2) is 4.79 Å². The molecule has 2 unspecified atom stereocenters. The van der Waals surface area contributed by atoms with Crippen LogP contribution in [-0.2, 0) is 14.3 Å². The highest BCUT2D eigenvalue weighted by atomic mass is 16.6. The minimum absolute atomic E-state index is 0.0177. The predicted octanol–water partition coefficient (Wildman–Crippen LogP) is 3.46. The fourth-order valence-corrected chi connectivity index (χ4v) is 2.87. The Morgan fingerprint density at radius 2 is 2.00 bits per heavy atom. The summed E-state index contributed by atoms with van der Waals surface area (Å²) in [6.07, 6.45) is 6.66. The van der Waals surface area contributed by atoms with Crippen LogP contribution in [0.1, 0.15) is 60.8 Å². The average molecular weight is 309 g/mol. The molecule has 22 heavy (non-hydrogen) atoms. The summed E-state index contributed by atoms with van der Waals surface area (Å²) in [4.78, 5) is 24.6. The molecule has 1 heterocycles. The molecule has 1 rings (SSSR count). The summed E-state index contributed by atoms with van der Waals surface area (Å²) in [7, 11) is 0. The van der Waals surface area contributed by atoms with E-state index in [4.69, 9.17) is 4.74 Å². The smallest absolute Gasteiger partial charge is 0.329 e. The van der Waals surface area contributed by atoms with E-state index >= 15 is 0 Å². The Balaban J connectivity index is 2.83. The Kier molecular flexibility index (Phi) is 6.64. The first-order chi connectivity index (χ1) is 10.2. The minimum Gasteiger partial charge on any atom is -0.458 e. The molecule has 1 fully saturated rings. The van der Waals surface area contributed by atoms with Crippen molar-refractivity contribution in [3.8, 4) is 0 Å². The highest BCUT2D eigenvalue weighted by Crippen LogP contribution is 2.32. The fraction of sp³-hybridized carbons (Fsp3) is 0.778. The number of hydrogen-bond donors (Lipinski definition) is 1. The lowest BCUT2D eigenvalue weighted by Gasteiger charge is -2.25. The molecule has 1 saturated heterocycles. The third-order valence-corrected chi connectivity index (χ3v) is 3.77. The molecular formula is C18H31NO3. The van der Waals surface area contributed by atoms with Crippen molar-refractivity contribution in [2.45, 2.75) is 72.4 Å². The van der Waals surface area contributed by atoms with Gasteiger partial charge in [0.25, 0.3) is 0 Å². The average Bonchev–Trinajstić information content (AvgIpc) is 2.65. The largest absolute Gasteiger partial charge is 0.458 e. The second-order valence-corrected chi connectivity index (χ2v) is 7.49. The molecule has 0 radical (unpaired) electrons. The van der Waals surface area contributed by atoms with E-state index in [-0.39, 0.29) is 23.7 Å². The first-order valence-electron chi connectivity index (χ1n) is 8.35. The van der Waals surface area contributed by atoms with Crippen molar-refractivity contribution >= 4 is 11.9 Å². The van der Waals surface area contributed by atoms with Crippen molar-refractivity contribution in [3.63, 3.8) is 0 Å². The van der Waals surface area contributed by atoms with Crippen LogP contribution >= 0.6 is 0 Å². The Hall–Kier alpha value is -1.32. The van der Waals surface area contributed by atoms with Gasteiger partial charge in [0, 0.05) is 11.8 Å². The lowest BCUT2D eigenvalue weighted by molar-refractivity contribution is -0.158. The normalized spacial score (nSPS) is 25.8. The van der Waals surface area contributed by atoms with Crippen molar-refractivity contribution in [1.82, 2.24) is 5.32 Å². The zero-order valence-corrected chi connectivity index (χ0v) is 14.8. The van der Waals surface area contributed by atoms with E-state index in [1.807, 2.05) is 20.8 Å². The molecule has 0 bridgehead atoms. The highest BCUT2D eigenvalue weighted by molar-refractivity contribution is 5.90. The van der Waals surface area contributed by atoms with Gasteiger partial charge in [0.15, 0.2) is 0 Å². The van der Waals surface area contributed by atoms with E-state index in [2.05, 4.69) is 38.2 Å². The van der Waals surface area contributed by atoms with Crippen LogP contribution in [0.5, 0.6) is 0 Å². The summed E-state index contributed by atoms with van der Waals surface area (Å²) in [5, 5.41) is 2.85. The van der Waals surface area contributed by atoms with Gasteiger partial charge in [0.1, 0.15) is 11.6 Å². The van der Waals surface area contributed by atoms with Gasteiger partial charge in [-0.2, -0.15) is 0 Å². The molecule has 1 amide bonds. The number of rotatable bonds is 6. The molecule has 0 saturated carbocycles. The van der Waals surface area contributed by atoms with Gasteiger partial charge in [-0.05, 0) is 39.5 Å². The Morgan fingerprint density at radius 1 is 1.36 bits per heavy atom. The number of ether oxygens (including phenoxy) is 1. The first kappa shape index (κ1) is 18.7. The van der Waals surface area contributed by atoms with Crippen molar-refractivity contribution in [1.29, 1.82) is 0 Å². The molecule has 0 aromatic heterocycles. The Morgan fingerprint density at radius 3 is 2.50 bits per heavy atom. The van der Waals surface area contributed by atoms with Gasteiger partial charge in [-0.3, -0.25) is 4.79 Å². The number of hydrogen-bond acceptors (Lipinski definition) is 3. The number of esters is 1. The summed E-state index contributed by atoms with van der Waals surface area (Å²) < 4.78 is 5.47. The van der Waals surface area contributed by atoms with Gasteiger partial charge in [-0.15, -0.1) is 0 Å². The first-order valence-corrected chi connectivity index (χ1v) is 8.35. The maximum absolute atomic E-state index is 12.4. The van der Waals surface area contributed by atoms with E-state index < -0.39 is 11.6 Å². The van der Waals surface area contributed by atoms with E-state index in [1.54, 1.807) is 0 Å². The van der Waals surface area contributed by atoms with Crippen LogP contribution < -0.4 is 5.32 Å². The Labute approximate surface area is 134 Å². The van der Waals surface area contributed by atoms with Crippen molar-refractivity contribution in [3.05, 3.63) is 12.2 Å². The topological polar surface area (TPSA) is 55.4 Å². The van der Waals surface area contributed by atoms with Crippen LogP contribution in [0.4, 0.5) is 0 Å². The number of carbonyl (C=O) groups excluding carboxylic acids is 2.